The van der Waals surface area contributed by atoms with E-state index in [-0.39, 0.29) is 11.9 Å². The first-order valence-electron chi connectivity index (χ1n) is 7.49. The number of hydrogen-bond acceptors (Lipinski definition) is 5. The molecule has 2 heterocycles. The Labute approximate surface area is 120 Å². The summed E-state index contributed by atoms with van der Waals surface area (Å²) in [7, 11) is 1.61. The van der Waals surface area contributed by atoms with E-state index in [1.165, 1.54) is 0 Å². The summed E-state index contributed by atoms with van der Waals surface area (Å²) in [6.07, 6.45) is 5.41. The van der Waals surface area contributed by atoms with Crippen LogP contribution in [0.2, 0.25) is 0 Å². The van der Waals surface area contributed by atoms with Gasteiger partial charge >= 0.3 is 0 Å². The van der Waals surface area contributed by atoms with Gasteiger partial charge in [-0.25, -0.2) is 5.01 Å². The summed E-state index contributed by atoms with van der Waals surface area (Å²) in [5, 5.41) is 2.07. The Kier molecular flexibility index (Phi) is 5.94. The highest BCUT2D eigenvalue weighted by molar-refractivity contribution is 5.76. The molecular formula is C14H25N3O3. The van der Waals surface area contributed by atoms with Crippen LogP contribution in [-0.4, -0.2) is 67.5 Å². The van der Waals surface area contributed by atoms with Crippen molar-refractivity contribution in [3.8, 4) is 0 Å². The van der Waals surface area contributed by atoms with Gasteiger partial charge in [-0.15, -0.1) is 0 Å². The first-order valence-corrected chi connectivity index (χ1v) is 7.49. The topological polar surface area (TPSA) is 61.9 Å². The van der Waals surface area contributed by atoms with E-state index in [0.717, 1.165) is 51.6 Å². The summed E-state index contributed by atoms with van der Waals surface area (Å²) in [6, 6.07) is 0.401. The summed E-state index contributed by atoms with van der Waals surface area (Å²) in [6.45, 7) is 3.02. The Bertz CT molecular complexity index is 330. The predicted molar refractivity (Wildman–Crippen MR) is 75.0 cm³/mol. The number of hydrogen-bond donors (Lipinski definition) is 1. The number of nitrogens with zero attached hydrogens (tertiary/aromatic N) is 2. The van der Waals surface area contributed by atoms with Crippen LogP contribution >= 0.6 is 0 Å². The summed E-state index contributed by atoms with van der Waals surface area (Å²) < 4.78 is 4.94. The van der Waals surface area contributed by atoms with Crippen molar-refractivity contribution >= 4 is 12.2 Å². The number of piperidine rings is 1. The van der Waals surface area contributed by atoms with Gasteiger partial charge in [0, 0.05) is 32.8 Å². The van der Waals surface area contributed by atoms with Gasteiger partial charge < -0.3 is 14.4 Å². The molecule has 0 aromatic heterocycles. The average molecular weight is 283 g/mol. The highest BCUT2D eigenvalue weighted by atomic mass is 16.5. The van der Waals surface area contributed by atoms with E-state index >= 15 is 0 Å². The van der Waals surface area contributed by atoms with Gasteiger partial charge in [-0.1, -0.05) is 0 Å². The molecule has 2 rings (SSSR count). The molecule has 2 aliphatic heterocycles. The second-order valence-electron chi connectivity index (χ2n) is 5.57. The zero-order valence-electron chi connectivity index (χ0n) is 12.2. The molecule has 114 valence electrons. The number of amides is 1. The van der Waals surface area contributed by atoms with Crippen molar-refractivity contribution < 1.29 is 14.3 Å². The fourth-order valence-electron chi connectivity index (χ4n) is 2.93. The maximum absolute atomic E-state index is 11.9. The molecule has 0 bridgehead atoms. The number of carbonyl (C=O) groups is 2. The van der Waals surface area contributed by atoms with E-state index in [2.05, 4.69) is 10.4 Å². The van der Waals surface area contributed by atoms with Crippen LogP contribution in [0.15, 0.2) is 0 Å². The van der Waals surface area contributed by atoms with E-state index in [1.54, 1.807) is 7.11 Å². The normalized spacial score (nSPS) is 25.1. The lowest BCUT2D eigenvalue weighted by Crippen LogP contribution is -2.52. The third-order valence-electron chi connectivity index (χ3n) is 4.17. The first-order chi connectivity index (χ1) is 9.74. The Morgan fingerprint density at radius 3 is 2.70 bits per heavy atom. The maximum atomic E-state index is 11.9. The van der Waals surface area contributed by atoms with E-state index in [9.17, 15) is 9.59 Å². The van der Waals surface area contributed by atoms with Crippen molar-refractivity contribution in [3.05, 3.63) is 0 Å². The Hall–Kier alpha value is -0.980. The number of aldehydes is 1. The van der Waals surface area contributed by atoms with Crippen molar-refractivity contribution in [2.45, 2.75) is 44.2 Å². The maximum Gasteiger partial charge on any atom is 0.224 e. The zero-order chi connectivity index (χ0) is 14.4. The molecule has 0 aromatic rings. The van der Waals surface area contributed by atoms with Gasteiger partial charge in [0.25, 0.3) is 0 Å². The number of methoxy groups -OCH3 is 1. The van der Waals surface area contributed by atoms with Crippen LogP contribution in [0.4, 0.5) is 0 Å². The molecule has 0 saturated carbocycles. The van der Waals surface area contributed by atoms with Gasteiger partial charge in [0.05, 0.1) is 19.1 Å². The average Bonchev–Trinajstić information content (AvgIpc) is 2.92. The van der Waals surface area contributed by atoms with Gasteiger partial charge in [0.15, 0.2) is 0 Å². The zero-order valence-corrected chi connectivity index (χ0v) is 12.2. The minimum atomic E-state index is 0.0244. The van der Waals surface area contributed by atoms with Crippen molar-refractivity contribution in [3.63, 3.8) is 0 Å². The highest BCUT2D eigenvalue weighted by Crippen LogP contribution is 2.17. The summed E-state index contributed by atoms with van der Waals surface area (Å²) in [5.41, 5.74) is 3.46. The molecule has 0 aliphatic carbocycles. The molecule has 0 aromatic carbocycles. The van der Waals surface area contributed by atoms with Crippen molar-refractivity contribution in [1.29, 1.82) is 0 Å². The monoisotopic (exact) mass is 283 g/mol. The van der Waals surface area contributed by atoms with Gasteiger partial charge in [-0.2, -0.15) is 0 Å². The molecule has 2 fully saturated rings. The second kappa shape index (κ2) is 7.71. The third kappa shape index (κ3) is 4.01. The van der Waals surface area contributed by atoms with Crippen LogP contribution in [0, 0.1) is 0 Å². The molecule has 6 nitrogen and oxygen atoms in total. The SMILES string of the molecule is COCCC(=O)N1CCC(NN2CCC[C@H]2C=O)CC1. The van der Waals surface area contributed by atoms with Crippen LogP contribution < -0.4 is 5.43 Å². The van der Waals surface area contributed by atoms with Crippen LogP contribution in [0.5, 0.6) is 0 Å². The minimum absolute atomic E-state index is 0.0244. The molecular weight excluding hydrogens is 258 g/mol. The van der Waals surface area contributed by atoms with Gasteiger partial charge in [-0.3, -0.25) is 10.2 Å². The molecule has 20 heavy (non-hydrogen) atoms. The Morgan fingerprint density at radius 2 is 2.05 bits per heavy atom. The lowest BCUT2D eigenvalue weighted by Gasteiger charge is -2.35. The smallest absolute Gasteiger partial charge is 0.224 e. The molecule has 1 amide bonds. The van der Waals surface area contributed by atoms with Gasteiger partial charge in [0.2, 0.25) is 5.91 Å². The molecule has 0 radical (unpaired) electrons. The van der Waals surface area contributed by atoms with E-state index in [4.69, 9.17) is 4.74 Å². The molecule has 2 aliphatic rings. The highest BCUT2D eigenvalue weighted by Gasteiger charge is 2.28. The second-order valence-corrected chi connectivity index (χ2v) is 5.57. The third-order valence-corrected chi connectivity index (χ3v) is 4.17. The molecule has 6 heteroatoms. The fourth-order valence-corrected chi connectivity index (χ4v) is 2.93. The quantitative estimate of drug-likeness (QED) is 0.705. The van der Waals surface area contributed by atoms with E-state index in [1.807, 2.05) is 4.90 Å². The number of ether oxygens (including phenoxy) is 1. The number of carbonyl (C=O) groups excluding carboxylic acids is 2. The van der Waals surface area contributed by atoms with Crippen molar-refractivity contribution in [1.82, 2.24) is 15.3 Å². The van der Waals surface area contributed by atoms with E-state index < -0.39 is 0 Å². The Balaban J connectivity index is 1.71. The molecule has 1 N–H and O–H groups in total. The molecule has 2 saturated heterocycles. The number of nitrogens with one attached hydrogen (secondary N) is 1. The largest absolute Gasteiger partial charge is 0.384 e. The lowest BCUT2D eigenvalue weighted by atomic mass is 10.1. The first kappa shape index (κ1) is 15.4. The van der Waals surface area contributed by atoms with Crippen LogP contribution in [0.1, 0.15) is 32.1 Å². The fraction of sp³-hybridized carbons (Fsp3) is 0.857. The standard InChI is InChI=1S/C14H25N3O3/c1-20-10-6-14(19)16-8-4-12(5-9-16)15-17-7-2-3-13(17)11-18/h11-13,15H,2-10H2,1H3/t13-/m0/s1. The molecule has 1 atom stereocenters. The Morgan fingerprint density at radius 1 is 1.30 bits per heavy atom. The molecule has 0 spiro atoms. The van der Waals surface area contributed by atoms with Gasteiger partial charge in [-0.05, 0) is 25.7 Å². The number of likely N-dealkylation sites (tertiary alicyclic amines) is 1. The number of hydrazine groups is 1. The van der Waals surface area contributed by atoms with Crippen LogP contribution in [-0.2, 0) is 14.3 Å². The van der Waals surface area contributed by atoms with E-state index in [0.29, 0.717) is 19.1 Å². The minimum Gasteiger partial charge on any atom is -0.384 e. The van der Waals surface area contributed by atoms with Crippen molar-refractivity contribution in [2.75, 3.05) is 33.4 Å². The van der Waals surface area contributed by atoms with Gasteiger partial charge in [0.1, 0.15) is 6.29 Å². The lowest BCUT2D eigenvalue weighted by molar-refractivity contribution is -0.133. The summed E-state index contributed by atoms with van der Waals surface area (Å²) >= 11 is 0. The summed E-state index contributed by atoms with van der Waals surface area (Å²) in [4.78, 5) is 24.7. The molecule has 0 unspecified atom stereocenters. The number of rotatable bonds is 6. The van der Waals surface area contributed by atoms with Crippen LogP contribution in [0.25, 0.3) is 0 Å². The van der Waals surface area contributed by atoms with Crippen LogP contribution in [0.3, 0.4) is 0 Å². The predicted octanol–water partition coefficient (Wildman–Crippen LogP) is 0.182. The van der Waals surface area contributed by atoms with Crippen molar-refractivity contribution in [2.24, 2.45) is 0 Å². The summed E-state index contributed by atoms with van der Waals surface area (Å²) in [5.74, 6) is 0.178.